The summed E-state index contributed by atoms with van der Waals surface area (Å²) in [4.78, 5) is 3.89. The third-order valence-electron chi connectivity index (χ3n) is 1.39. The van der Waals surface area contributed by atoms with Crippen molar-refractivity contribution in [2.24, 2.45) is 0 Å². The van der Waals surface area contributed by atoms with Crippen LogP contribution in [0.25, 0.3) is 0 Å². The van der Waals surface area contributed by atoms with Crippen LogP contribution in [0.15, 0.2) is 10.6 Å². The van der Waals surface area contributed by atoms with Crippen LogP contribution in [0.2, 0.25) is 0 Å². The van der Waals surface area contributed by atoms with Crippen LogP contribution in [-0.4, -0.2) is 15.7 Å². The van der Waals surface area contributed by atoms with Crippen molar-refractivity contribution in [3.05, 3.63) is 18.4 Å². The van der Waals surface area contributed by atoms with Gasteiger partial charge in [0.25, 0.3) is 0 Å². The fraction of sp³-hybridized carbons (Fsp3) is 0.625. The summed E-state index contributed by atoms with van der Waals surface area (Å²) in [6.45, 7) is 3.53. The average Bonchev–Trinajstić information content (AvgIpc) is 2.32. The van der Waals surface area contributed by atoms with Gasteiger partial charge in [-0.2, -0.15) is 0 Å². The summed E-state index contributed by atoms with van der Waals surface area (Å²) >= 11 is 0. The third kappa shape index (κ3) is 3.18. The molecule has 11 heavy (non-hydrogen) atoms. The average molecular weight is 154 g/mol. The maximum absolute atomic E-state index is 9.34. The van der Waals surface area contributed by atoms with Crippen LogP contribution < -0.4 is 0 Å². The highest BCUT2D eigenvalue weighted by Gasteiger charge is 2.13. The van der Waals surface area contributed by atoms with Crippen molar-refractivity contribution in [2.45, 2.75) is 32.3 Å². The molecular weight excluding hydrogens is 142 g/mol. The number of rotatable bonds is 3. The lowest BCUT2D eigenvalue weighted by molar-refractivity contribution is 0.0694. The molecule has 61 valence electrons. The monoisotopic (exact) mass is 154 g/mol. The Morgan fingerprint density at radius 2 is 2.45 bits per heavy atom. The minimum atomic E-state index is -0.644. The number of oxazole rings is 1. The Kier molecular flexibility index (Phi) is 2.29. The van der Waals surface area contributed by atoms with Gasteiger partial charge in [0.05, 0.1) is 11.8 Å². The molecule has 0 saturated carbocycles. The molecule has 1 radical (unpaired) electrons. The van der Waals surface area contributed by atoms with E-state index in [1.54, 1.807) is 13.8 Å². The van der Waals surface area contributed by atoms with Crippen LogP contribution in [-0.2, 0) is 6.42 Å². The zero-order chi connectivity index (χ0) is 8.32. The molecule has 0 saturated heterocycles. The molecular formula is C8H12NO2. The van der Waals surface area contributed by atoms with Gasteiger partial charge in [-0.3, -0.25) is 0 Å². The summed E-state index contributed by atoms with van der Waals surface area (Å²) < 4.78 is 4.88. The maximum Gasteiger partial charge on any atom is 0.195 e. The normalized spacial score (nSPS) is 11.9. The van der Waals surface area contributed by atoms with Crippen molar-refractivity contribution in [2.75, 3.05) is 0 Å². The van der Waals surface area contributed by atoms with Gasteiger partial charge in [0.1, 0.15) is 0 Å². The zero-order valence-corrected chi connectivity index (χ0v) is 6.79. The van der Waals surface area contributed by atoms with E-state index >= 15 is 0 Å². The molecule has 0 fully saturated rings. The second-order valence-electron chi connectivity index (χ2n) is 3.18. The highest BCUT2D eigenvalue weighted by atomic mass is 16.3. The molecule has 0 amide bonds. The first-order valence-corrected chi connectivity index (χ1v) is 3.61. The summed E-state index contributed by atoms with van der Waals surface area (Å²) in [6.07, 6.45) is 5.30. The molecule has 0 aliphatic rings. The third-order valence-corrected chi connectivity index (χ3v) is 1.39. The first-order valence-electron chi connectivity index (χ1n) is 3.61. The number of aliphatic hydroxyl groups is 1. The molecule has 0 spiro atoms. The van der Waals surface area contributed by atoms with Crippen molar-refractivity contribution in [1.29, 1.82) is 0 Å². The van der Waals surface area contributed by atoms with E-state index in [0.29, 0.717) is 18.7 Å². The Morgan fingerprint density at radius 3 is 2.91 bits per heavy atom. The SMILES string of the molecule is CC(C)(O)CCc1nc[c]o1. The predicted octanol–water partition coefficient (Wildman–Crippen LogP) is 1.18. The summed E-state index contributed by atoms with van der Waals surface area (Å²) in [6, 6.07) is 0. The molecule has 0 aromatic carbocycles. The van der Waals surface area contributed by atoms with Gasteiger partial charge in [0.15, 0.2) is 12.2 Å². The Hall–Kier alpha value is -0.830. The highest BCUT2D eigenvalue weighted by Crippen LogP contribution is 2.10. The van der Waals surface area contributed by atoms with Crippen molar-refractivity contribution < 1.29 is 9.52 Å². The van der Waals surface area contributed by atoms with Crippen molar-refractivity contribution >= 4 is 0 Å². The quantitative estimate of drug-likeness (QED) is 0.711. The van der Waals surface area contributed by atoms with E-state index in [0.717, 1.165) is 0 Å². The van der Waals surface area contributed by atoms with Crippen LogP contribution in [0.3, 0.4) is 0 Å². The van der Waals surface area contributed by atoms with E-state index in [1.165, 1.54) is 6.20 Å². The maximum atomic E-state index is 9.34. The smallest absolute Gasteiger partial charge is 0.195 e. The highest BCUT2D eigenvalue weighted by molar-refractivity contribution is 4.81. The Balaban J connectivity index is 2.35. The lowest BCUT2D eigenvalue weighted by Crippen LogP contribution is -2.19. The second kappa shape index (κ2) is 3.05. The van der Waals surface area contributed by atoms with Gasteiger partial charge >= 0.3 is 0 Å². The Labute approximate surface area is 66.1 Å². The van der Waals surface area contributed by atoms with Crippen LogP contribution >= 0.6 is 0 Å². The van der Waals surface area contributed by atoms with E-state index < -0.39 is 5.60 Å². The minimum Gasteiger partial charge on any atom is -0.437 e. The minimum absolute atomic E-state index is 0.632. The van der Waals surface area contributed by atoms with Crippen molar-refractivity contribution in [3.63, 3.8) is 0 Å². The summed E-state index contributed by atoms with van der Waals surface area (Å²) in [5.41, 5.74) is -0.644. The molecule has 3 heteroatoms. The zero-order valence-electron chi connectivity index (χ0n) is 6.79. The molecule has 0 bridgehead atoms. The van der Waals surface area contributed by atoms with Crippen LogP contribution in [0.1, 0.15) is 26.2 Å². The molecule has 0 atom stereocenters. The number of hydrogen-bond acceptors (Lipinski definition) is 3. The van der Waals surface area contributed by atoms with E-state index in [1.807, 2.05) is 0 Å². The summed E-state index contributed by atoms with van der Waals surface area (Å²) in [5, 5.41) is 9.34. The number of aryl methyl sites for hydroxylation is 1. The fourth-order valence-electron chi connectivity index (χ4n) is 0.747. The largest absolute Gasteiger partial charge is 0.437 e. The first-order chi connectivity index (χ1) is 5.08. The number of aromatic nitrogens is 1. The second-order valence-corrected chi connectivity index (χ2v) is 3.18. The lowest BCUT2D eigenvalue weighted by Gasteiger charge is -2.14. The van der Waals surface area contributed by atoms with Gasteiger partial charge in [-0.1, -0.05) is 0 Å². The van der Waals surface area contributed by atoms with E-state index in [-0.39, 0.29) is 0 Å². The molecule has 0 unspecified atom stereocenters. The van der Waals surface area contributed by atoms with Gasteiger partial charge in [-0.15, -0.1) is 0 Å². The lowest BCUT2D eigenvalue weighted by atomic mass is 10.0. The molecule has 1 aromatic rings. The number of nitrogens with zero attached hydrogens (tertiary/aromatic N) is 1. The summed E-state index contributed by atoms with van der Waals surface area (Å²) in [5.74, 6) is 0.632. The first kappa shape index (κ1) is 8.27. The molecule has 1 N–H and O–H groups in total. The van der Waals surface area contributed by atoms with Gasteiger partial charge in [-0.05, 0) is 20.3 Å². The van der Waals surface area contributed by atoms with Crippen LogP contribution in [0, 0.1) is 6.26 Å². The summed E-state index contributed by atoms with van der Waals surface area (Å²) in [7, 11) is 0. The molecule has 0 aliphatic heterocycles. The molecule has 0 aliphatic carbocycles. The van der Waals surface area contributed by atoms with Gasteiger partial charge in [-0.25, -0.2) is 4.98 Å². The van der Waals surface area contributed by atoms with E-state index in [4.69, 9.17) is 4.42 Å². The Morgan fingerprint density at radius 1 is 1.73 bits per heavy atom. The van der Waals surface area contributed by atoms with Gasteiger partial charge < -0.3 is 9.52 Å². The fourth-order valence-corrected chi connectivity index (χ4v) is 0.747. The van der Waals surface area contributed by atoms with Crippen LogP contribution in [0.5, 0.6) is 0 Å². The van der Waals surface area contributed by atoms with E-state index in [2.05, 4.69) is 11.2 Å². The standard InChI is InChI=1S/C8H12NO2/c1-8(2,10)4-3-7-9-5-6-11-7/h5,10H,3-4H2,1-2H3. The molecule has 3 nitrogen and oxygen atoms in total. The molecule has 1 aromatic heterocycles. The van der Waals surface area contributed by atoms with Gasteiger partial charge in [0.2, 0.25) is 0 Å². The molecule has 1 rings (SSSR count). The van der Waals surface area contributed by atoms with Gasteiger partial charge in [0, 0.05) is 6.42 Å². The number of hydrogen-bond donors (Lipinski definition) is 1. The van der Waals surface area contributed by atoms with Crippen LogP contribution in [0.4, 0.5) is 0 Å². The predicted molar refractivity (Wildman–Crippen MR) is 40.0 cm³/mol. The van der Waals surface area contributed by atoms with Crippen molar-refractivity contribution in [1.82, 2.24) is 4.98 Å². The van der Waals surface area contributed by atoms with Crippen molar-refractivity contribution in [3.8, 4) is 0 Å². The topological polar surface area (TPSA) is 46.3 Å². The molecule has 1 heterocycles. The van der Waals surface area contributed by atoms with E-state index in [9.17, 15) is 5.11 Å². The Bertz CT molecular complexity index is 198.